The van der Waals surface area contributed by atoms with E-state index in [1.165, 1.54) is 6.08 Å². The van der Waals surface area contributed by atoms with Gasteiger partial charge in [-0.1, -0.05) is 44.3 Å². The molecule has 0 aromatic rings. The molecule has 0 aliphatic carbocycles. The van der Waals surface area contributed by atoms with Crippen molar-refractivity contribution in [3.8, 4) is 0 Å². The van der Waals surface area contributed by atoms with Gasteiger partial charge >= 0.3 is 11.9 Å². The molecule has 0 saturated heterocycles. The minimum Gasteiger partial charge on any atom is -0.481 e. The molecule has 0 spiro atoms. The largest absolute Gasteiger partial charge is 0.481 e. The number of unbranched alkanes of at least 4 members (excludes halogenated alkanes) is 2. The van der Waals surface area contributed by atoms with Gasteiger partial charge < -0.3 is 20.4 Å². The van der Waals surface area contributed by atoms with Gasteiger partial charge in [-0.25, -0.2) is 4.79 Å². The lowest BCUT2D eigenvalue weighted by atomic mass is 9.93. The van der Waals surface area contributed by atoms with E-state index in [0.29, 0.717) is 12.3 Å². The maximum Gasteiger partial charge on any atom is 0.328 e. The zero-order chi connectivity index (χ0) is 19.4. The molecule has 0 amide bonds. The topological polar surface area (TPSA) is 115 Å². The Kier molecular flexibility index (Phi) is 11.8. The van der Waals surface area contributed by atoms with Gasteiger partial charge in [0, 0.05) is 6.08 Å². The summed E-state index contributed by atoms with van der Waals surface area (Å²) in [5.74, 6) is -2.74. The van der Waals surface area contributed by atoms with Crippen molar-refractivity contribution in [2.75, 3.05) is 6.61 Å². The molecule has 6 heteroatoms. The summed E-state index contributed by atoms with van der Waals surface area (Å²) in [5, 5.41) is 36.3. The van der Waals surface area contributed by atoms with Gasteiger partial charge in [0.2, 0.25) is 0 Å². The number of aliphatic carboxylic acids is 2. The fraction of sp³-hybridized carbons (Fsp3) is 0.684. The Balaban J connectivity index is 4.04. The molecular formula is C19H32O6. The van der Waals surface area contributed by atoms with E-state index in [4.69, 9.17) is 15.3 Å². The van der Waals surface area contributed by atoms with Crippen molar-refractivity contribution in [1.29, 1.82) is 0 Å². The first-order valence-corrected chi connectivity index (χ1v) is 8.77. The molecule has 0 fully saturated rings. The van der Waals surface area contributed by atoms with Crippen LogP contribution in [0.25, 0.3) is 0 Å². The predicted molar refractivity (Wildman–Crippen MR) is 96.2 cm³/mol. The zero-order valence-corrected chi connectivity index (χ0v) is 15.4. The Morgan fingerprint density at radius 1 is 1.00 bits per heavy atom. The molecular weight excluding hydrogens is 324 g/mol. The molecule has 4 N–H and O–H groups in total. The second kappa shape index (κ2) is 12.7. The van der Waals surface area contributed by atoms with Crippen molar-refractivity contribution < 1.29 is 30.0 Å². The predicted octanol–water partition coefficient (Wildman–Crippen LogP) is 2.99. The standard InChI is InChI=1S/C19H32O6/c1-13(9-14(2)10-15(3)11-18(22)23)7-5-4-6-8-17(21)16(12-20)19(24)25/h10-11,13,16-17,20-21H,4-9,12H2,1-3H3,(H,22,23)(H,24,25). The molecule has 25 heavy (non-hydrogen) atoms. The van der Waals surface area contributed by atoms with Crippen LogP contribution >= 0.6 is 0 Å². The van der Waals surface area contributed by atoms with Gasteiger partial charge in [-0.05, 0) is 38.2 Å². The summed E-state index contributed by atoms with van der Waals surface area (Å²) < 4.78 is 0. The van der Waals surface area contributed by atoms with Gasteiger partial charge in [0.15, 0.2) is 0 Å². The van der Waals surface area contributed by atoms with E-state index in [2.05, 4.69) is 6.92 Å². The Morgan fingerprint density at radius 2 is 1.60 bits per heavy atom. The number of carboxylic acid groups (broad SMARTS) is 2. The SMILES string of the molecule is CC(=CC(=O)O)C=C(C)CC(C)CCCCCC(O)C(CO)C(=O)O. The molecule has 3 unspecified atom stereocenters. The lowest BCUT2D eigenvalue weighted by Crippen LogP contribution is -2.31. The summed E-state index contributed by atoms with van der Waals surface area (Å²) in [6.07, 6.45) is 7.00. The number of allylic oxidation sites excluding steroid dienone is 3. The van der Waals surface area contributed by atoms with Gasteiger partial charge in [0.1, 0.15) is 5.92 Å². The Hall–Kier alpha value is -1.66. The molecule has 0 saturated carbocycles. The Labute approximate surface area is 149 Å². The zero-order valence-electron chi connectivity index (χ0n) is 15.4. The molecule has 0 aromatic heterocycles. The molecule has 0 radical (unpaired) electrons. The van der Waals surface area contributed by atoms with E-state index in [-0.39, 0.29) is 0 Å². The van der Waals surface area contributed by atoms with E-state index in [9.17, 15) is 14.7 Å². The van der Waals surface area contributed by atoms with Crippen LogP contribution in [0.2, 0.25) is 0 Å². The molecule has 0 rings (SSSR count). The van der Waals surface area contributed by atoms with Crippen molar-refractivity contribution in [3.63, 3.8) is 0 Å². The third-order valence-electron chi connectivity index (χ3n) is 4.17. The number of hydrogen-bond acceptors (Lipinski definition) is 4. The van der Waals surface area contributed by atoms with Crippen molar-refractivity contribution in [3.05, 3.63) is 23.3 Å². The molecule has 0 aliphatic rings. The average molecular weight is 356 g/mol. The van der Waals surface area contributed by atoms with Gasteiger partial charge in [0.05, 0.1) is 12.7 Å². The highest BCUT2D eigenvalue weighted by molar-refractivity contribution is 5.81. The maximum absolute atomic E-state index is 10.8. The van der Waals surface area contributed by atoms with Crippen LogP contribution in [0.3, 0.4) is 0 Å². The average Bonchev–Trinajstić information content (AvgIpc) is 2.45. The molecule has 3 atom stereocenters. The highest BCUT2D eigenvalue weighted by Crippen LogP contribution is 2.20. The van der Waals surface area contributed by atoms with E-state index in [1.807, 2.05) is 13.0 Å². The minimum absolute atomic E-state index is 0.379. The smallest absolute Gasteiger partial charge is 0.328 e. The minimum atomic E-state index is -1.17. The van der Waals surface area contributed by atoms with Crippen LogP contribution in [0.1, 0.15) is 59.3 Å². The van der Waals surface area contributed by atoms with Crippen LogP contribution in [-0.2, 0) is 9.59 Å². The summed E-state index contributed by atoms with van der Waals surface area (Å²) in [5.41, 5.74) is 1.87. The van der Waals surface area contributed by atoms with E-state index in [0.717, 1.165) is 43.3 Å². The van der Waals surface area contributed by atoms with Gasteiger partial charge in [-0.2, -0.15) is 0 Å². The fourth-order valence-corrected chi connectivity index (χ4v) is 2.92. The number of aliphatic hydroxyl groups excluding tert-OH is 2. The maximum atomic E-state index is 10.8. The number of rotatable bonds is 13. The Morgan fingerprint density at radius 3 is 2.12 bits per heavy atom. The van der Waals surface area contributed by atoms with Crippen LogP contribution in [0.15, 0.2) is 23.3 Å². The van der Waals surface area contributed by atoms with E-state index < -0.39 is 30.6 Å². The van der Waals surface area contributed by atoms with E-state index in [1.54, 1.807) is 6.92 Å². The fourth-order valence-electron chi connectivity index (χ4n) is 2.92. The number of carbonyl (C=O) groups is 2. The molecule has 0 aliphatic heterocycles. The third-order valence-corrected chi connectivity index (χ3v) is 4.17. The molecule has 0 aromatic carbocycles. The molecule has 144 valence electrons. The van der Waals surface area contributed by atoms with Crippen molar-refractivity contribution in [2.45, 2.75) is 65.4 Å². The summed E-state index contributed by atoms with van der Waals surface area (Å²) in [4.78, 5) is 21.4. The first-order valence-electron chi connectivity index (χ1n) is 8.77. The number of hydrogen-bond donors (Lipinski definition) is 4. The quantitative estimate of drug-likeness (QED) is 0.229. The van der Waals surface area contributed by atoms with Gasteiger partial charge in [0.25, 0.3) is 0 Å². The monoisotopic (exact) mass is 356 g/mol. The number of aliphatic hydroxyl groups is 2. The van der Waals surface area contributed by atoms with Crippen molar-refractivity contribution in [1.82, 2.24) is 0 Å². The first kappa shape index (κ1) is 23.3. The van der Waals surface area contributed by atoms with Crippen LogP contribution < -0.4 is 0 Å². The highest BCUT2D eigenvalue weighted by Gasteiger charge is 2.24. The first-order chi connectivity index (χ1) is 11.7. The second-order valence-electron chi connectivity index (χ2n) is 6.86. The normalized spacial score (nSPS) is 16.4. The number of carboxylic acids is 2. The van der Waals surface area contributed by atoms with Crippen LogP contribution in [-0.4, -0.2) is 45.1 Å². The van der Waals surface area contributed by atoms with Crippen LogP contribution in [0.4, 0.5) is 0 Å². The molecule has 6 nitrogen and oxygen atoms in total. The summed E-state index contributed by atoms with van der Waals surface area (Å²) in [6.45, 7) is 5.36. The lowest BCUT2D eigenvalue weighted by Gasteiger charge is -2.17. The Bertz CT molecular complexity index is 480. The summed E-state index contributed by atoms with van der Waals surface area (Å²) in [6, 6.07) is 0. The molecule has 0 heterocycles. The summed E-state index contributed by atoms with van der Waals surface area (Å²) in [7, 11) is 0. The second-order valence-corrected chi connectivity index (χ2v) is 6.86. The van der Waals surface area contributed by atoms with Gasteiger partial charge in [-0.15, -0.1) is 0 Å². The third kappa shape index (κ3) is 11.5. The van der Waals surface area contributed by atoms with Crippen LogP contribution in [0.5, 0.6) is 0 Å². The van der Waals surface area contributed by atoms with E-state index >= 15 is 0 Å². The summed E-state index contributed by atoms with van der Waals surface area (Å²) >= 11 is 0. The van der Waals surface area contributed by atoms with Crippen molar-refractivity contribution >= 4 is 11.9 Å². The molecule has 0 bridgehead atoms. The van der Waals surface area contributed by atoms with Crippen LogP contribution in [0, 0.1) is 11.8 Å². The highest BCUT2D eigenvalue weighted by atomic mass is 16.4. The van der Waals surface area contributed by atoms with Gasteiger partial charge in [-0.3, -0.25) is 4.79 Å². The lowest BCUT2D eigenvalue weighted by molar-refractivity contribution is -0.147. The van der Waals surface area contributed by atoms with Crippen molar-refractivity contribution in [2.24, 2.45) is 11.8 Å².